The Kier molecular flexibility index (Phi) is 5.64. The summed E-state index contributed by atoms with van der Waals surface area (Å²) in [6.07, 6.45) is 3.48. The number of nitrogen functional groups attached to an aromatic ring is 1. The summed E-state index contributed by atoms with van der Waals surface area (Å²) in [7, 11) is 1.56. The predicted octanol–water partition coefficient (Wildman–Crippen LogP) is 2.64. The van der Waals surface area contributed by atoms with Gasteiger partial charge in [-0.05, 0) is 23.8 Å². The Morgan fingerprint density at radius 1 is 1.30 bits per heavy atom. The second-order valence-corrected chi connectivity index (χ2v) is 6.48. The van der Waals surface area contributed by atoms with Gasteiger partial charge in [0.25, 0.3) is 5.91 Å². The van der Waals surface area contributed by atoms with Gasteiger partial charge < -0.3 is 11.1 Å². The van der Waals surface area contributed by atoms with E-state index in [1.54, 1.807) is 43.7 Å². The number of hydrogen-bond donors (Lipinski definition) is 2. The zero-order valence-electron chi connectivity index (χ0n) is 14.5. The van der Waals surface area contributed by atoms with Crippen LogP contribution in [0, 0.1) is 11.3 Å². The van der Waals surface area contributed by atoms with Gasteiger partial charge in [-0.1, -0.05) is 30.0 Å². The minimum absolute atomic E-state index is 0.113. The van der Waals surface area contributed by atoms with Crippen LogP contribution in [0.2, 0.25) is 0 Å². The molecule has 1 amide bonds. The van der Waals surface area contributed by atoms with Crippen LogP contribution in [0.4, 0.5) is 5.82 Å². The number of anilines is 1. The van der Waals surface area contributed by atoms with Gasteiger partial charge in [0.15, 0.2) is 5.16 Å². The molecule has 0 unspecified atom stereocenters. The fourth-order valence-electron chi connectivity index (χ4n) is 2.42. The first-order chi connectivity index (χ1) is 13.1. The van der Waals surface area contributed by atoms with Crippen LogP contribution in [-0.2, 0) is 5.75 Å². The van der Waals surface area contributed by atoms with E-state index < -0.39 is 0 Å². The monoisotopic (exact) mass is 376 g/mol. The summed E-state index contributed by atoms with van der Waals surface area (Å²) in [5.41, 5.74) is 8.71. The van der Waals surface area contributed by atoms with Gasteiger partial charge in [-0.15, -0.1) is 0 Å². The molecule has 134 valence electrons. The molecule has 0 saturated heterocycles. The van der Waals surface area contributed by atoms with Crippen LogP contribution in [0.3, 0.4) is 0 Å². The molecule has 0 spiro atoms. The molecule has 8 heteroatoms. The first-order valence-corrected chi connectivity index (χ1v) is 9.02. The summed E-state index contributed by atoms with van der Waals surface area (Å²) in [5.74, 6) is 0.516. The third-order valence-electron chi connectivity index (χ3n) is 3.74. The number of pyridine rings is 1. The minimum atomic E-state index is -0.219. The van der Waals surface area contributed by atoms with E-state index in [1.165, 1.54) is 11.8 Å². The lowest BCUT2D eigenvalue weighted by atomic mass is 10.0. The number of benzene rings is 1. The van der Waals surface area contributed by atoms with Crippen LogP contribution in [0.5, 0.6) is 0 Å². The number of nitrogens with zero attached hydrogens (tertiary/aromatic N) is 4. The molecule has 3 aromatic rings. The van der Waals surface area contributed by atoms with E-state index >= 15 is 0 Å². The van der Waals surface area contributed by atoms with Crippen LogP contribution in [0.1, 0.15) is 21.5 Å². The molecule has 3 rings (SSSR count). The minimum Gasteiger partial charge on any atom is -0.382 e. The summed E-state index contributed by atoms with van der Waals surface area (Å²) in [6, 6.07) is 12.8. The van der Waals surface area contributed by atoms with Crippen LogP contribution in [0.15, 0.2) is 53.9 Å². The smallest absolute Gasteiger partial charge is 0.251 e. The molecule has 3 N–H and O–H groups in total. The molecule has 0 radical (unpaired) electrons. The molecule has 0 saturated carbocycles. The van der Waals surface area contributed by atoms with Gasteiger partial charge in [0.2, 0.25) is 0 Å². The van der Waals surface area contributed by atoms with Crippen molar-refractivity contribution in [3.8, 4) is 17.3 Å². The van der Waals surface area contributed by atoms with E-state index in [-0.39, 0.29) is 17.3 Å². The Morgan fingerprint density at radius 3 is 2.85 bits per heavy atom. The normalized spacial score (nSPS) is 10.2. The molecule has 0 bridgehead atoms. The largest absolute Gasteiger partial charge is 0.382 e. The second kappa shape index (κ2) is 8.29. The quantitative estimate of drug-likeness (QED) is 0.519. The predicted molar refractivity (Wildman–Crippen MR) is 104 cm³/mol. The van der Waals surface area contributed by atoms with E-state index in [2.05, 4.69) is 26.3 Å². The number of hydrogen-bond acceptors (Lipinski definition) is 7. The number of carbonyl (C=O) groups excluding carboxylic acids is 1. The van der Waals surface area contributed by atoms with Crippen LogP contribution in [0.25, 0.3) is 11.3 Å². The van der Waals surface area contributed by atoms with E-state index in [9.17, 15) is 10.1 Å². The number of amides is 1. The first-order valence-electron chi connectivity index (χ1n) is 8.04. The fraction of sp³-hybridized carbons (Fsp3) is 0.105. The highest BCUT2D eigenvalue weighted by Crippen LogP contribution is 2.29. The summed E-state index contributed by atoms with van der Waals surface area (Å²) < 4.78 is 0. The number of thioether (sulfide) groups is 1. The molecule has 27 heavy (non-hydrogen) atoms. The van der Waals surface area contributed by atoms with Gasteiger partial charge in [-0.2, -0.15) is 5.26 Å². The standard InChI is InChI=1S/C19H16N6OS/c1-22-18(26)14-6-2-5-13(8-14)16-15(9-20)17(21)25-19(24-16)27-11-12-4-3-7-23-10-12/h2-8,10H,11H2,1H3,(H,22,26)(H2,21,24,25). The lowest BCUT2D eigenvalue weighted by Gasteiger charge is -2.10. The Hall–Kier alpha value is -3.44. The topological polar surface area (TPSA) is 118 Å². The molecular weight excluding hydrogens is 360 g/mol. The Labute approximate surface area is 160 Å². The van der Waals surface area contributed by atoms with Gasteiger partial charge in [-0.25, -0.2) is 9.97 Å². The van der Waals surface area contributed by atoms with Gasteiger partial charge in [0.1, 0.15) is 17.5 Å². The maximum Gasteiger partial charge on any atom is 0.251 e. The highest BCUT2D eigenvalue weighted by atomic mass is 32.2. The molecule has 0 fully saturated rings. The highest BCUT2D eigenvalue weighted by Gasteiger charge is 2.16. The molecular formula is C19H16N6OS. The van der Waals surface area contributed by atoms with Crippen molar-refractivity contribution >= 4 is 23.5 Å². The fourth-order valence-corrected chi connectivity index (χ4v) is 3.21. The lowest BCUT2D eigenvalue weighted by molar-refractivity contribution is 0.0963. The average Bonchev–Trinajstić information content (AvgIpc) is 2.72. The summed E-state index contributed by atoms with van der Waals surface area (Å²) in [6.45, 7) is 0. The van der Waals surface area contributed by atoms with Crippen molar-refractivity contribution in [2.24, 2.45) is 0 Å². The number of aromatic nitrogens is 3. The molecule has 0 atom stereocenters. The third kappa shape index (κ3) is 4.22. The van der Waals surface area contributed by atoms with Crippen molar-refractivity contribution in [3.05, 3.63) is 65.5 Å². The van der Waals surface area contributed by atoms with E-state index in [4.69, 9.17) is 5.73 Å². The summed E-state index contributed by atoms with van der Waals surface area (Å²) in [4.78, 5) is 24.7. The summed E-state index contributed by atoms with van der Waals surface area (Å²) in [5, 5.41) is 12.5. The molecule has 0 aliphatic carbocycles. The number of nitriles is 1. The Balaban J connectivity index is 1.98. The molecule has 0 aliphatic heterocycles. The molecule has 7 nitrogen and oxygen atoms in total. The lowest BCUT2D eigenvalue weighted by Crippen LogP contribution is -2.17. The number of carbonyl (C=O) groups is 1. The van der Waals surface area contributed by atoms with Gasteiger partial charge >= 0.3 is 0 Å². The molecule has 1 aromatic carbocycles. The maximum absolute atomic E-state index is 11.9. The highest BCUT2D eigenvalue weighted by molar-refractivity contribution is 7.98. The van der Waals surface area contributed by atoms with E-state index in [1.807, 2.05) is 12.1 Å². The van der Waals surface area contributed by atoms with Crippen LogP contribution < -0.4 is 11.1 Å². The third-order valence-corrected chi connectivity index (χ3v) is 4.66. The van der Waals surface area contributed by atoms with Crippen molar-refractivity contribution < 1.29 is 4.79 Å². The van der Waals surface area contributed by atoms with Crippen molar-refractivity contribution in [2.45, 2.75) is 10.9 Å². The number of nitrogens with two attached hydrogens (primary N) is 1. The second-order valence-electron chi connectivity index (χ2n) is 5.54. The SMILES string of the molecule is CNC(=O)c1cccc(-c2nc(SCc3cccnc3)nc(N)c2C#N)c1. The Bertz CT molecular complexity index is 1020. The number of nitrogens with one attached hydrogen (secondary N) is 1. The molecule has 2 aromatic heterocycles. The molecule has 0 aliphatic rings. The zero-order chi connectivity index (χ0) is 19.2. The summed E-state index contributed by atoms with van der Waals surface area (Å²) >= 11 is 1.40. The van der Waals surface area contributed by atoms with E-state index in [0.29, 0.717) is 27.7 Å². The van der Waals surface area contributed by atoms with Crippen molar-refractivity contribution in [3.63, 3.8) is 0 Å². The zero-order valence-corrected chi connectivity index (χ0v) is 15.3. The van der Waals surface area contributed by atoms with Gasteiger partial charge in [0.05, 0.1) is 5.69 Å². The first kappa shape index (κ1) is 18.4. The molecule has 2 heterocycles. The van der Waals surface area contributed by atoms with Gasteiger partial charge in [0, 0.05) is 36.3 Å². The van der Waals surface area contributed by atoms with Crippen molar-refractivity contribution in [1.29, 1.82) is 5.26 Å². The number of rotatable bonds is 5. The van der Waals surface area contributed by atoms with Crippen LogP contribution >= 0.6 is 11.8 Å². The van der Waals surface area contributed by atoms with Gasteiger partial charge in [-0.3, -0.25) is 9.78 Å². The maximum atomic E-state index is 11.9. The average molecular weight is 376 g/mol. The van der Waals surface area contributed by atoms with Crippen molar-refractivity contribution in [2.75, 3.05) is 12.8 Å². The van der Waals surface area contributed by atoms with E-state index in [0.717, 1.165) is 5.56 Å². The van der Waals surface area contributed by atoms with Crippen LogP contribution in [-0.4, -0.2) is 27.9 Å². The van der Waals surface area contributed by atoms with Crippen molar-refractivity contribution in [1.82, 2.24) is 20.3 Å². The Morgan fingerprint density at radius 2 is 2.15 bits per heavy atom.